The van der Waals surface area contributed by atoms with Crippen LogP contribution < -0.4 is 5.32 Å². The molecule has 0 aromatic heterocycles. The van der Waals surface area contributed by atoms with Crippen LogP contribution in [0.4, 0.5) is 11.4 Å². The van der Waals surface area contributed by atoms with Crippen molar-refractivity contribution >= 4 is 34.9 Å². The second-order valence-corrected chi connectivity index (χ2v) is 4.76. The number of hydrogen-bond donors (Lipinski definition) is 2. The molecule has 0 saturated heterocycles. The van der Waals surface area contributed by atoms with Gasteiger partial charge in [0.25, 0.3) is 5.69 Å². The van der Waals surface area contributed by atoms with Gasteiger partial charge in [0.05, 0.1) is 10.8 Å². The van der Waals surface area contributed by atoms with E-state index >= 15 is 0 Å². The number of nitro benzene ring substituents is 1. The number of carbonyl (C=O) groups is 2. The first-order chi connectivity index (χ1) is 9.23. The summed E-state index contributed by atoms with van der Waals surface area (Å²) in [5.41, 5.74) is -0.366. The first kappa shape index (κ1) is 15.9. The molecule has 2 atom stereocenters. The molecule has 0 heterocycles. The SMILES string of the molecule is CC(C(=O)O)C(C)C(=O)Nc1cc(Cl)ccc1[N+](=O)[O-]. The van der Waals surface area contributed by atoms with Crippen LogP contribution in [0.3, 0.4) is 0 Å². The van der Waals surface area contributed by atoms with Crippen molar-refractivity contribution in [3.63, 3.8) is 0 Å². The molecule has 7 nitrogen and oxygen atoms in total. The topological polar surface area (TPSA) is 110 Å². The zero-order valence-corrected chi connectivity index (χ0v) is 11.5. The Labute approximate surface area is 119 Å². The quantitative estimate of drug-likeness (QED) is 0.641. The summed E-state index contributed by atoms with van der Waals surface area (Å²) in [6.45, 7) is 2.82. The van der Waals surface area contributed by atoms with Crippen molar-refractivity contribution < 1.29 is 19.6 Å². The average molecular weight is 301 g/mol. The molecule has 0 aliphatic carbocycles. The van der Waals surface area contributed by atoms with Crippen molar-refractivity contribution in [1.29, 1.82) is 0 Å². The number of nitrogens with one attached hydrogen (secondary N) is 1. The van der Waals surface area contributed by atoms with Crippen molar-refractivity contribution in [3.8, 4) is 0 Å². The summed E-state index contributed by atoms with van der Waals surface area (Å²) < 4.78 is 0. The van der Waals surface area contributed by atoms with Gasteiger partial charge in [-0.1, -0.05) is 25.4 Å². The third-order valence-electron chi connectivity index (χ3n) is 2.97. The second kappa shape index (κ2) is 6.33. The van der Waals surface area contributed by atoms with Crippen molar-refractivity contribution in [2.24, 2.45) is 11.8 Å². The van der Waals surface area contributed by atoms with Crippen LogP contribution in [0.25, 0.3) is 0 Å². The lowest BCUT2D eigenvalue weighted by Gasteiger charge is -2.15. The number of carboxylic acids is 1. The molecule has 1 aromatic carbocycles. The third kappa shape index (κ3) is 3.67. The highest BCUT2D eigenvalue weighted by molar-refractivity contribution is 6.31. The first-order valence-electron chi connectivity index (χ1n) is 5.71. The molecule has 20 heavy (non-hydrogen) atoms. The Bertz CT molecular complexity index is 561. The van der Waals surface area contributed by atoms with Crippen molar-refractivity contribution in [2.45, 2.75) is 13.8 Å². The van der Waals surface area contributed by atoms with Gasteiger partial charge in [-0.25, -0.2) is 0 Å². The van der Waals surface area contributed by atoms with Gasteiger partial charge in [0.1, 0.15) is 5.69 Å². The molecule has 0 fully saturated rings. The van der Waals surface area contributed by atoms with Crippen LogP contribution in [0.15, 0.2) is 18.2 Å². The van der Waals surface area contributed by atoms with Crippen LogP contribution >= 0.6 is 11.6 Å². The van der Waals surface area contributed by atoms with E-state index in [1.165, 1.54) is 32.0 Å². The molecule has 108 valence electrons. The van der Waals surface area contributed by atoms with E-state index in [2.05, 4.69) is 5.32 Å². The molecule has 0 bridgehead atoms. The number of carbonyl (C=O) groups excluding carboxylic acids is 1. The molecule has 0 saturated carbocycles. The van der Waals surface area contributed by atoms with E-state index in [4.69, 9.17) is 16.7 Å². The monoisotopic (exact) mass is 300 g/mol. The standard InChI is InChI=1S/C12H13ClN2O5/c1-6(7(2)12(17)18)11(16)14-9-5-8(13)3-4-10(9)15(19)20/h3-7H,1-2H3,(H,14,16)(H,17,18). The van der Waals surface area contributed by atoms with E-state index in [1.807, 2.05) is 0 Å². The van der Waals surface area contributed by atoms with E-state index in [0.717, 1.165) is 0 Å². The number of halogens is 1. The van der Waals surface area contributed by atoms with Gasteiger partial charge in [-0.15, -0.1) is 0 Å². The van der Waals surface area contributed by atoms with Crippen LogP contribution in [0, 0.1) is 22.0 Å². The van der Waals surface area contributed by atoms with E-state index in [-0.39, 0.29) is 16.4 Å². The Balaban J connectivity index is 2.98. The van der Waals surface area contributed by atoms with Gasteiger partial charge in [-0.2, -0.15) is 0 Å². The number of nitrogens with zero attached hydrogens (tertiary/aromatic N) is 1. The summed E-state index contributed by atoms with van der Waals surface area (Å²) in [5.74, 6) is -3.49. The lowest BCUT2D eigenvalue weighted by molar-refractivity contribution is -0.383. The first-order valence-corrected chi connectivity index (χ1v) is 6.09. The summed E-state index contributed by atoms with van der Waals surface area (Å²) in [5, 5.41) is 22.3. The van der Waals surface area contributed by atoms with Crippen LogP contribution in [-0.2, 0) is 9.59 Å². The zero-order valence-electron chi connectivity index (χ0n) is 10.8. The van der Waals surface area contributed by atoms with Crippen LogP contribution in [-0.4, -0.2) is 21.9 Å². The number of hydrogen-bond acceptors (Lipinski definition) is 4. The van der Waals surface area contributed by atoms with Gasteiger partial charge in [0.2, 0.25) is 5.91 Å². The number of carboxylic acid groups (broad SMARTS) is 1. The zero-order chi connectivity index (χ0) is 15.4. The van der Waals surface area contributed by atoms with Gasteiger partial charge < -0.3 is 10.4 Å². The molecule has 2 unspecified atom stereocenters. The van der Waals surface area contributed by atoms with Crippen molar-refractivity contribution in [1.82, 2.24) is 0 Å². The van der Waals surface area contributed by atoms with Gasteiger partial charge >= 0.3 is 5.97 Å². The fourth-order valence-electron chi connectivity index (χ4n) is 1.46. The molecular formula is C12H13ClN2O5. The number of amides is 1. The minimum absolute atomic E-state index is 0.0584. The number of nitro groups is 1. The Morgan fingerprint density at radius 2 is 1.95 bits per heavy atom. The molecule has 8 heteroatoms. The maximum Gasteiger partial charge on any atom is 0.307 e. The number of aliphatic carboxylic acids is 1. The van der Waals surface area contributed by atoms with Crippen molar-refractivity contribution in [2.75, 3.05) is 5.32 Å². The second-order valence-electron chi connectivity index (χ2n) is 4.32. The third-order valence-corrected chi connectivity index (χ3v) is 3.20. The lowest BCUT2D eigenvalue weighted by atomic mass is 9.95. The smallest absolute Gasteiger partial charge is 0.307 e. The highest BCUT2D eigenvalue weighted by Crippen LogP contribution is 2.28. The predicted octanol–water partition coefficient (Wildman–Crippen LogP) is 2.54. The van der Waals surface area contributed by atoms with Crippen molar-refractivity contribution in [3.05, 3.63) is 33.3 Å². The summed E-state index contributed by atoms with van der Waals surface area (Å²) >= 11 is 5.73. The minimum Gasteiger partial charge on any atom is -0.481 e. The molecule has 0 aliphatic heterocycles. The van der Waals surface area contributed by atoms with Crippen LogP contribution in [0.5, 0.6) is 0 Å². The van der Waals surface area contributed by atoms with Gasteiger partial charge in [-0.05, 0) is 12.1 Å². The highest BCUT2D eigenvalue weighted by Gasteiger charge is 2.27. The largest absolute Gasteiger partial charge is 0.481 e. The fourth-order valence-corrected chi connectivity index (χ4v) is 1.63. The van der Waals surface area contributed by atoms with Crippen LogP contribution in [0.1, 0.15) is 13.8 Å². The average Bonchev–Trinajstić information content (AvgIpc) is 2.36. The summed E-state index contributed by atoms with van der Waals surface area (Å²) in [4.78, 5) is 32.9. The Morgan fingerprint density at radius 3 is 2.45 bits per heavy atom. The molecule has 1 aromatic rings. The van der Waals surface area contributed by atoms with Gasteiger partial charge in [0.15, 0.2) is 0 Å². The normalized spacial score (nSPS) is 13.3. The van der Waals surface area contributed by atoms with E-state index in [1.54, 1.807) is 0 Å². The summed E-state index contributed by atoms with van der Waals surface area (Å²) in [6, 6.07) is 3.75. The molecule has 0 spiro atoms. The summed E-state index contributed by atoms with van der Waals surface area (Å²) in [6.07, 6.45) is 0. The van der Waals surface area contributed by atoms with E-state index < -0.39 is 28.6 Å². The van der Waals surface area contributed by atoms with E-state index in [0.29, 0.717) is 0 Å². The Kier molecular flexibility index (Phi) is 5.04. The maximum atomic E-state index is 11.9. The fraction of sp³-hybridized carbons (Fsp3) is 0.333. The predicted molar refractivity (Wildman–Crippen MR) is 72.7 cm³/mol. The van der Waals surface area contributed by atoms with E-state index in [9.17, 15) is 19.7 Å². The van der Waals surface area contributed by atoms with Gasteiger partial charge in [0, 0.05) is 17.0 Å². The number of rotatable bonds is 5. The number of anilines is 1. The maximum absolute atomic E-state index is 11.9. The summed E-state index contributed by atoms with van der Waals surface area (Å²) in [7, 11) is 0. The Hall–Kier alpha value is -2.15. The minimum atomic E-state index is -1.12. The molecule has 1 amide bonds. The molecule has 1 rings (SSSR count). The molecule has 0 radical (unpaired) electrons. The van der Waals surface area contributed by atoms with Gasteiger partial charge in [-0.3, -0.25) is 19.7 Å². The highest BCUT2D eigenvalue weighted by atomic mass is 35.5. The lowest BCUT2D eigenvalue weighted by Crippen LogP contribution is -2.30. The molecule has 0 aliphatic rings. The Morgan fingerprint density at radius 1 is 1.35 bits per heavy atom. The molecule has 2 N–H and O–H groups in total. The number of benzene rings is 1. The van der Waals surface area contributed by atoms with Crippen LogP contribution in [0.2, 0.25) is 5.02 Å². The molecular weight excluding hydrogens is 288 g/mol.